The van der Waals surface area contributed by atoms with Crippen molar-refractivity contribution in [2.45, 2.75) is 50.4 Å². The van der Waals surface area contributed by atoms with Gasteiger partial charge in [-0.25, -0.2) is 4.79 Å². The number of carbonyl (C=O) groups is 4. The maximum absolute atomic E-state index is 13.0. The number of carboxylic acid groups (broad SMARTS) is 1. The molecule has 1 saturated heterocycles. The van der Waals surface area contributed by atoms with E-state index in [0.717, 1.165) is 29.2 Å². The molecule has 3 rings (SSSR count). The van der Waals surface area contributed by atoms with Crippen molar-refractivity contribution < 1.29 is 24.3 Å². The number of aliphatic carboxylic acids is 1. The summed E-state index contributed by atoms with van der Waals surface area (Å²) < 4.78 is 0. The summed E-state index contributed by atoms with van der Waals surface area (Å²) in [5, 5.41) is 14.4. The van der Waals surface area contributed by atoms with Gasteiger partial charge >= 0.3 is 5.97 Å². The van der Waals surface area contributed by atoms with E-state index in [0.29, 0.717) is 31.8 Å². The quantitative estimate of drug-likeness (QED) is 0.276. The second kappa shape index (κ2) is 14.1. The fraction of sp³-hybridized carbons (Fsp3) is 0.481. The summed E-state index contributed by atoms with van der Waals surface area (Å²) in [5.74, 6) is -1.80. The van der Waals surface area contributed by atoms with Crippen LogP contribution in [0, 0.1) is 0 Å². The minimum Gasteiger partial charge on any atom is -0.480 e. The van der Waals surface area contributed by atoms with Crippen molar-refractivity contribution in [2.24, 2.45) is 11.5 Å². The van der Waals surface area contributed by atoms with Crippen LogP contribution >= 0.6 is 11.8 Å². The van der Waals surface area contributed by atoms with Crippen LogP contribution in [-0.4, -0.2) is 88.4 Å². The summed E-state index contributed by atoms with van der Waals surface area (Å²) in [6.07, 6.45) is 3.60. The summed E-state index contributed by atoms with van der Waals surface area (Å²) in [6, 6.07) is 11.8. The molecule has 1 aliphatic rings. The lowest BCUT2D eigenvalue weighted by atomic mass is 10.0. The molecule has 0 unspecified atom stereocenters. The van der Waals surface area contributed by atoms with E-state index in [-0.39, 0.29) is 30.8 Å². The van der Waals surface area contributed by atoms with Gasteiger partial charge in [-0.05, 0) is 47.6 Å². The molecule has 3 atom stereocenters. The largest absolute Gasteiger partial charge is 0.480 e. The molecule has 0 aromatic heterocycles. The number of nitrogens with zero attached hydrogens (tertiary/aromatic N) is 2. The zero-order valence-corrected chi connectivity index (χ0v) is 22.5. The first-order valence-electron chi connectivity index (χ1n) is 12.7. The molecule has 0 bridgehead atoms. The number of nitrogens with two attached hydrogens (primary N) is 2. The molecular formula is C27H37N5O5S. The number of rotatable bonds is 14. The summed E-state index contributed by atoms with van der Waals surface area (Å²) in [7, 11) is 0. The molecule has 10 nitrogen and oxygen atoms in total. The zero-order chi connectivity index (χ0) is 27.7. The van der Waals surface area contributed by atoms with E-state index in [4.69, 9.17) is 11.5 Å². The number of amides is 3. The van der Waals surface area contributed by atoms with Crippen LogP contribution in [0.2, 0.25) is 0 Å². The average Bonchev–Trinajstić information content (AvgIpc) is 3.34. The van der Waals surface area contributed by atoms with E-state index >= 15 is 0 Å². The second-order valence-electron chi connectivity index (χ2n) is 9.64. The van der Waals surface area contributed by atoms with Crippen LogP contribution in [0.15, 0.2) is 42.5 Å². The Labute approximate surface area is 227 Å². The van der Waals surface area contributed by atoms with Gasteiger partial charge in [0.1, 0.15) is 6.04 Å². The van der Waals surface area contributed by atoms with Gasteiger partial charge < -0.3 is 26.8 Å². The number of benzene rings is 2. The SMILES string of the molecule is CSCC[C@H](NC(=O)CN(Cc1cccc2ccccc12)C[C@@H]1CCCN1C(=O)C[C@H](N)C(N)=O)C(=O)O. The average molecular weight is 544 g/mol. The lowest BCUT2D eigenvalue weighted by Crippen LogP contribution is -2.49. The van der Waals surface area contributed by atoms with Crippen molar-refractivity contribution in [1.29, 1.82) is 0 Å². The molecule has 206 valence electrons. The third kappa shape index (κ3) is 8.17. The molecule has 0 saturated carbocycles. The van der Waals surface area contributed by atoms with Gasteiger partial charge in [-0.15, -0.1) is 0 Å². The Morgan fingerprint density at radius 2 is 1.92 bits per heavy atom. The number of likely N-dealkylation sites (tertiary alicyclic amines) is 1. The summed E-state index contributed by atoms with van der Waals surface area (Å²) in [4.78, 5) is 52.6. The summed E-state index contributed by atoms with van der Waals surface area (Å²) in [5.41, 5.74) is 12.0. The maximum atomic E-state index is 13.0. The van der Waals surface area contributed by atoms with Crippen LogP contribution < -0.4 is 16.8 Å². The molecule has 2 aromatic rings. The minimum absolute atomic E-state index is 0.0222. The lowest BCUT2D eigenvalue weighted by Gasteiger charge is -2.31. The zero-order valence-electron chi connectivity index (χ0n) is 21.7. The van der Waals surface area contributed by atoms with Gasteiger partial charge in [-0.2, -0.15) is 11.8 Å². The first-order valence-corrected chi connectivity index (χ1v) is 14.1. The van der Waals surface area contributed by atoms with Gasteiger partial charge in [0.15, 0.2) is 0 Å². The number of thioether (sulfide) groups is 1. The van der Waals surface area contributed by atoms with E-state index in [1.807, 2.05) is 53.6 Å². The highest BCUT2D eigenvalue weighted by atomic mass is 32.2. The second-order valence-corrected chi connectivity index (χ2v) is 10.6. The van der Waals surface area contributed by atoms with Crippen molar-refractivity contribution in [3.8, 4) is 0 Å². The molecule has 6 N–H and O–H groups in total. The topological polar surface area (TPSA) is 159 Å². The highest BCUT2D eigenvalue weighted by molar-refractivity contribution is 7.98. The van der Waals surface area contributed by atoms with Crippen molar-refractivity contribution in [1.82, 2.24) is 15.1 Å². The van der Waals surface area contributed by atoms with Crippen LogP contribution in [0.5, 0.6) is 0 Å². The molecule has 2 aromatic carbocycles. The van der Waals surface area contributed by atoms with Gasteiger partial charge in [-0.3, -0.25) is 19.3 Å². The van der Waals surface area contributed by atoms with E-state index in [1.54, 1.807) is 4.90 Å². The third-order valence-corrected chi connectivity index (χ3v) is 7.46. The number of carboxylic acids is 1. The maximum Gasteiger partial charge on any atom is 0.326 e. The molecule has 0 spiro atoms. The highest BCUT2D eigenvalue weighted by Crippen LogP contribution is 2.23. The van der Waals surface area contributed by atoms with Crippen molar-refractivity contribution in [3.63, 3.8) is 0 Å². The van der Waals surface area contributed by atoms with Crippen molar-refractivity contribution in [2.75, 3.05) is 31.6 Å². The number of hydrogen-bond donors (Lipinski definition) is 4. The molecule has 3 amide bonds. The summed E-state index contributed by atoms with van der Waals surface area (Å²) in [6.45, 7) is 1.37. The monoisotopic (exact) mass is 543 g/mol. The molecule has 1 fully saturated rings. The molecular weight excluding hydrogens is 506 g/mol. The molecule has 11 heteroatoms. The first kappa shape index (κ1) is 29.4. The van der Waals surface area contributed by atoms with Gasteiger partial charge in [0.2, 0.25) is 17.7 Å². The number of primary amides is 1. The molecule has 0 aliphatic carbocycles. The summed E-state index contributed by atoms with van der Waals surface area (Å²) >= 11 is 1.52. The Kier molecular flexibility index (Phi) is 10.9. The predicted molar refractivity (Wildman–Crippen MR) is 148 cm³/mol. The van der Waals surface area contributed by atoms with Gasteiger partial charge in [0.05, 0.1) is 19.0 Å². The Hall–Kier alpha value is -3.15. The number of nitrogens with one attached hydrogen (secondary N) is 1. The van der Waals surface area contributed by atoms with Crippen LogP contribution in [0.1, 0.15) is 31.2 Å². The van der Waals surface area contributed by atoms with E-state index in [9.17, 15) is 24.3 Å². The fourth-order valence-corrected chi connectivity index (χ4v) is 5.32. The Bertz CT molecular complexity index is 1140. The smallest absolute Gasteiger partial charge is 0.326 e. The number of hydrogen-bond acceptors (Lipinski definition) is 7. The van der Waals surface area contributed by atoms with Crippen LogP contribution in [0.3, 0.4) is 0 Å². The highest BCUT2D eigenvalue weighted by Gasteiger charge is 2.32. The standard InChI is InChI=1S/C27H37N5O5S/c1-38-13-11-23(27(36)37)30-24(33)17-31(15-19-8-4-7-18-6-2-3-10-21(18)19)16-20-9-5-12-32(20)25(34)14-22(28)26(29)35/h2-4,6-8,10,20,22-23H,5,9,11-17,28H2,1H3,(H2,29,35)(H,30,33)(H,36,37)/t20-,22-,23-/m0/s1. The molecule has 38 heavy (non-hydrogen) atoms. The van der Waals surface area contributed by atoms with Crippen LogP contribution in [0.4, 0.5) is 0 Å². The van der Waals surface area contributed by atoms with E-state index < -0.39 is 24.0 Å². The van der Waals surface area contributed by atoms with Crippen molar-refractivity contribution >= 4 is 46.2 Å². The number of carbonyl (C=O) groups excluding carboxylic acids is 3. The van der Waals surface area contributed by atoms with Crippen LogP contribution in [-0.2, 0) is 25.7 Å². The van der Waals surface area contributed by atoms with E-state index in [2.05, 4.69) is 5.32 Å². The third-order valence-electron chi connectivity index (χ3n) is 6.81. The Morgan fingerprint density at radius 3 is 2.63 bits per heavy atom. The first-order chi connectivity index (χ1) is 18.2. The molecule has 0 radical (unpaired) electrons. The van der Waals surface area contributed by atoms with Crippen molar-refractivity contribution in [3.05, 3.63) is 48.0 Å². The molecule has 1 aliphatic heterocycles. The van der Waals surface area contributed by atoms with E-state index in [1.165, 1.54) is 11.8 Å². The molecule has 1 heterocycles. The lowest BCUT2D eigenvalue weighted by molar-refractivity contribution is -0.142. The van der Waals surface area contributed by atoms with Gasteiger partial charge in [0, 0.05) is 25.7 Å². The Balaban J connectivity index is 1.79. The van der Waals surface area contributed by atoms with Crippen LogP contribution in [0.25, 0.3) is 10.8 Å². The van der Waals surface area contributed by atoms with Gasteiger partial charge in [-0.1, -0.05) is 42.5 Å². The minimum atomic E-state index is -1.06. The number of fused-ring (bicyclic) bond motifs is 1. The normalized spacial score (nSPS) is 16.9. The predicted octanol–water partition coefficient (Wildman–Crippen LogP) is 1.16. The Morgan fingerprint density at radius 1 is 1.18 bits per heavy atom. The fourth-order valence-electron chi connectivity index (χ4n) is 4.85. The van der Waals surface area contributed by atoms with Gasteiger partial charge in [0.25, 0.3) is 0 Å².